The SMILES string of the molecule is CN=C(NCc1ccc(OC)cc1C(F)(F)F)NCC(C)(C)OC. The lowest BCUT2D eigenvalue weighted by atomic mass is 10.1. The molecule has 0 bridgehead atoms. The van der Waals surface area contributed by atoms with Crippen LogP contribution in [0.1, 0.15) is 25.0 Å². The predicted molar refractivity (Wildman–Crippen MR) is 87.3 cm³/mol. The second-order valence-electron chi connectivity index (χ2n) is 5.76. The Morgan fingerprint density at radius 1 is 1.17 bits per heavy atom. The highest BCUT2D eigenvalue weighted by atomic mass is 19.4. The van der Waals surface area contributed by atoms with Gasteiger partial charge in [-0.25, -0.2) is 0 Å². The minimum atomic E-state index is -4.46. The van der Waals surface area contributed by atoms with Crippen molar-refractivity contribution >= 4 is 5.96 Å². The standard InChI is InChI=1S/C16H24F3N3O2/c1-15(2,24-5)10-22-14(20-3)21-9-11-6-7-12(23-4)8-13(11)16(17,18)19/h6-8H,9-10H2,1-5H3,(H2,20,21,22). The summed E-state index contributed by atoms with van der Waals surface area (Å²) in [5, 5.41) is 5.89. The van der Waals surface area contributed by atoms with E-state index in [9.17, 15) is 13.2 Å². The molecule has 0 aromatic heterocycles. The van der Waals surface area contributed by atoms with Crippen molar-refractivity contribution in [2.75, 3.05) is 27.8 Å². The molecule has 0 spiro atoms. The van der Waals surface area contributed by atoms with Crippen LogP contribution >= 0.6 is 0 Å². The Morgan fingerprint density at radius 3 is 2.33 bits per heavy atom. The number of ether oxygens (including phenoxy) is 2. The zero-order chi connectivity index (χ0) is 18.4. The van der Waals surface area contributed by atoms with Gasteiger partial charge in [-0.2, -0.15) is 13.2 Å². The van der Waals surface area contributed by atoms with Gasteiger partial charge in [-0.1, -0.05) is 6.07 Å². The van der Waals surface area contributed by atoms with E-state index in [0.717, 1.165) is 6.07 Å². The zero-order valence-electron chi connectivity index (χ0n) is 14.5. The van der Waals surface area contributed by atoms with Gasteiger partial charge in [-0.15, -0.1) is 0 Å². The molecule has 0 atom stereocenters. The lowest BCUT2D eigenvalue weighted by molar-refractivity contribution is -0.138. The number of guanidine groups is 1. The Bertz CT molecular complexity index is 572. The van der Waals surface area contributed by atoms with Crippen LogP contribution in [0.15, 0.2) is 23.2 Å². The molecule has 0 radical (unpaired) electrons. The van der Waals surface area contributed by atoms with Gasteiger partial charge in [-0.05, 0) is 31.5 Å². The van der Waals surface area contributed by atoms with Gasteiger partial charge in [0.1, 0.15) is 5.75 Å². The number of nitrogens with one attached hydrogen (secondary N) is 2. The van der Waals surface area contributed by atoms with Gasteiger partial charge in [0.2, 0.25) is 0 Å². The van der Waals surface area contributed by atoms with Gasteiger partial charge >= 0.3 is 6.18 Å². The first-order chi connectivity index (χ1) is 11.1. The van der Waals surface area contributed by atoms with Crippen molar-refractivity contribution in [3.8, 4) is 5.75 Å². The fourth-order valence-corrected chi connectivity index (χ4v) is 1.87. The number of hydrogen-bond donors (Lipinski definition) is 2. The average molecular weight is 347 g/mol. The van der Waals surface area contributed by atoms with Crippen LogP contribution in [0.4, 0.5) is 13.2 Å². The zero-order valence-corrected chi connectivity index (χ0v) is 14.5. The molecule has 0 aliphatic rings. The van der Waals surface area contributed by atoms with Gasteiger partial charge in [0.15, 0.2) is 5.96 Å². The van der Waals surface area contributed by atoms with Crippen LogP contribution < -0.4 is 15.4 Å². The smallest absolute Gasteiger partial charge is 0.416 e. The van der Waals surface area contributed by atoms with E-state index >= 15 is 0 Å². The first-order valence-corrected chi connectivity index (χ1v) is 7.36. The van der Waals surface area contributed by atoms with E-state index in [0.29, 0.717) is 12.5 Å². The van der Waals surface area contributed by atoms with Crippen molar-refractivity contribution < 1.29 is 22.6 Å². The maximum atomic E-state index is 13.2. The van der Waals surface area contributed by atoms with Gasteiger partial charge in [-0.3, -0.25) is 4.99 Å². The third kappa shape index (κ3) is 5.92. The molecule has 0 unspecified atom stereocenters. The van der Waals surface area contributed by atoms with Crippen molar-refractivity contribution in [3.63, 3.8) is 0 Å². The van der Waals surface area contributed by atoms with Gasteiger partial charge < -0.3 is 20.1 Å². The fourth-order valence-electron chi connectivity index (χ4n) is 1.87. The van der Waals surface area contributed by atoms with E-state index in [4.69, 9.17) is 9.47 Å². The maximum Gasteiger partial charge on any atom is 0.416 e. The molecule has 2 N–H and O–H groups in total. The second kappa shape index (κ2) is 8.23. The molecule has 1 aromatic rings. The Hall–Kier alpha value is -1.96. The molecular weight excluding hydrogens is 323 g/mol. The van der Waals surface area contributed by atoms with E-state index in [-0.39, 0.29) is 17.9 Å². The average Bonchev–Trinajstić information content (AvgIpc) is 2.54. The largest absolute Gasteiger partial charge is 0.497 e. The normalized spacial score (nSPS) is 12.9. The highest BCUT2D eigenvalue weighted by Gasteiger charge is 2.33. The molecule has 0 aliphatic heterocycles. The molecule has 1 rings (SSSR count). The van der Waals surface area contributed by atoms with Crippen LogP contribution in [0, 0.1) is 0 Å². The number of aliphatic imine (C=N–C) groups is 1. The van der Waals surface area contributed by atoms with Crippen molar-refractivity contribution in [1.29, 1.82) is 0 Å². The van der Waals surface area contributed by atoms with Gasteiger partial charge in [0.25, 0.3) is 0 Å². The minimum absolute atomic E-state index is 0.0219. The molecule has 0 saturated heterocycles. The molecule has 0 amide bonds. The van der Waals surface area contributed by atoms with E-state index < -0.39 is 17.3 Å². The number of rotatable bonds is 6. The van der Waals surface area contributed by atoms with E-state index in [1.807, 2.05) is 13.8 Å². The summed E-state index contributed by atoms with van der Waals surface area (Å²) in [4.78, 5) is 4.00. The monoisotopic (exact) mass is 347 g/mol. The van der Waals surface area contributed by atoms with Crippen LogP contribution in [0.5, 0.6) is 5.75 Å². The van der Waals surface area contributed by atoms with E-state index in [2.05, 4.69) is 15.6 Å². The summed E-state index contributed by atoms with van der Waals surface area (Å²) in [5.74, 6) is 0.555. The van der Waals surface area contributed by atoms with Crippen LogP contribution in [0.2, 0.25) is 0 Å². The molecule has 5 nitrogen and oxygen atoms in total. The number of nitrogens with zero attached hydrogens (tertiary/aromatic N) is 1. The fraction of sp³-hybridized carbons (Fsp3) is 0.562. The van der Waals surface area contributed by atoms with Crippen LogP contribution in [-0.2, 0) is 17.5 Å². The summed E-state index contributed by atoms with van der Waals surface area (Å²) in [6.07, 6.45) is -4.46. The first-order valence-electron chi connectivity index (χ1n) is 7.36. The molecule has 136 valence electrons. The second-order valence-corrected chi connectivity index (χ2v) is 5.76. The Labute approximate surface area is 140 Å². The lowest BCUT2D eigenvalue weighted by Gasteiger charge is -2.24. The number of benzene rings is 1. The van der Waals surface area contributed by atoms with Crippen LogP contribution in [-0.4, -0.2) is 39.4 Å². The van der Waals surface area contributed by atoms with Crippen molar-refractivity contribution in [2.24, 2.45) is 4.99 Å². The molecule has 0 heterocycles. The highest BCUT2D eigenvalue weighted by molar-refractivity contribution is 5.79. The number of methoxy groups -OCH3 is 2. The summed E-state index contributed by atoms with van der Waals surface area (Å²) in [6.45, 7) is 4.21. The summed E-state index contributed by atoms with van der Waals surface area (Å²) < 4.78 is 49.7. The molecule has 24 heavy (non-hydrogen) atoms. The number of hydrogen-bond acceptors (Lipinski definition) is 3. The van der Waals surface area contributed by atoms with E-state index in [1.165, 1.54) is 19.2 Å². The third-order valence-electron chi connectivity index (χ3n) is 3.53. The summed E-state index contributed by atoms with van der Waals surface area (Å²) >= 11 is 0. The van der Waals surface area contributed by atoms with Crippen molar-refractivity contribution in [3.05, 3.63) is 29.3 Å². The molecule has 0 fully saturated rings. The van der Waals surface area contributed by atoms with Gasteiger partial charge in [0.05, 0.1) is 18.3 Å². The molecule has 0 aliphatic carbocycles. The maximum absolute atomic E-state index is 13.2. The topological polar surface area (TPSA) is 54.9 Å². The van der Waals surface area contributed by atoms with Crippen LogP contribution in [0.25, 0.3) is 0 Å². The number of halogens is 3. The molecule has 8 heteroatoms. The van der Waals surface area contributed by atoms with Gasteiger partial charge in [0, 0.05) is 27.2 Å². The Kier molecular flexibility index (Phi) is 6.89. The summed E-state index contributed by atoms with van der Waals surface area (Å²) in [6, 6.07) is 3.87. The van der Waals surface area contributed by atoms with Crippen LogP contribution in [0.3, 0.4) is 0 Å². The van der Waals surface area contributed by atoms with Crippen molar-refractivity contribution in [1.82, 2.24) is 10.6 Å². The predicted octanol–water partition coefficient (Wildman–Crippen LogP) is 2.80. The molecule has 0 saturated carbocycles. The highest BCUT2D eigenvalue weighted by Crippen LogP contribution is 2.34. The Balaban J connectivity index is 2.82. The summed E-state index contributed by atoms with van der Waals surface area (Å²) in [5.41, 5.74) is -1.05. The lowest BCUT2D eigenvalue weighted by Crippen LogP contribution is -2.45. The third-order valence-corrected chi connectivity index (χ3v) is 3.53. The molecule has 1 aromatic carbocycles. The quantitative estimate of drug-likeness (QED) is 0.614. The first kappa shape index (κ1) is 20.1. The number of alkyl halides is 3. The van der Waals surface area contributed by atoms with Crippen molar-refractivity contribution in [2.45, 2.75) is 32.2 Å². The van der Waals surface area contributed by atoms with E-state index in [1.54, 1.807) is 14.2 Å². The molecular formula is C16H24F3N3O2. The minimum Gasteiger partial charge on any atom is -0.497 e. The summed E-state index contributed by atoms with van der Waals surface area (Å²) in [7, 11) is 4.47. The Morgan fingerprint density at radius 2 is 1.83 bits per heavy atom.